The summed E-state index contributed by atoms with van der Waals surface area (Å²) in [6.45, 7) is -0.141. The lowest BCUT2D eigenvalue weighted by molar-refractivity contribution is -0.146. The standard InChI is InChI=1S/C18H19BrFNO4/c19-12-6-5-11(15(20)9-12)10-25-16(22)7-8-21-17(23)13-3-1-2-4-14(13)18(21)24/h5-6,9,13-14H,1-4,7-8,10H2/t13-,14+. The van der Waals surface area contributed by atoms with Gasteiger partial charge in [-0.15, -0.1) is 0 Å². The van der Waals surface area contributed by atoms with Gasteiger partial charge in [-0.2, -0.15) is 0 Å². The van der Waals surface area contributed by atoms with Gasteiger partial charge in [0.15, 0.2) is 0 Å². The minimum Gasteiger partial charge on any atom is -0.461 e. The Morgan fingerprint density at radius 2 is 1.84 bits per heavy atom. The number of hydrogen-bond acceptors (Lipinski definition) is 4. The van der Waals surface area contributed by atoms with Crippen molar-refractivity contribution in [3.8, 4) is 0 Å². The molecule has 0 spiro atoms. The summed E-state index contributed by atoms with van der Waals surface area (Å²) in [5.41, 5.74) is 0.274. The molecule has 25 heavy (non-hydrogen) atoms. The number of likely N-dealkylation sites (tertiary alicyclic amines) is 1. The minimum absolute atomic E-state index is 0.0340. The fraction of sp³-hybridized carbons (Fsp3) is 0.500. The van der Waals surface area contributed by atoms with E-state index in [1.54, 1.807) is 6.07 Å². The first-order chi connectivity index (χ1) is 12.0. The van der Waals surface area contributed by atoms with E-state index < -0.39 is 11.8 Å². The maximum absolute atomic E-state index is 13.7. The predicted octanol–water partition coefficient (Wildman–Crippen LogP) is 3.20. The highest BCUT2D eigenvalue weighted by molar-refractivity contribution is 9.10. The molecule has 134 valence electrons. The van der Waals surface area contributed by atoms with Gasteiger partial charge in [0, 0.05) is 16.6 Å². The largest absolute Gasteiger partial charge is 0.461 e. The Labute approximate surface area is 153 Å². The van der Waals surface area contributed by atoms with Crippen molar-refractivity contribution >= 4 is 33.7 Å². The number of carbonyl (C=O) groups is 3. The lowest BCUT2D eigenvalue weighted by Crippen LogP contribution is -2.33. The SMILES string of the molecule is O=C(CCN1C(=O)[C@H]2CCCC[C@H]2C1=O)OCc1ccc(Br)cc1F. The highest BCUT2D eigenvalue weighted by Crippen LogP contribution is 2.37. The lowest BCUT2D eigenvalue weighted by atomic mass is 9.81. The first kappa shape index (κ1) is 18.0. The number of benzene rings is 1. The van der Waals surface area contributed by atoms with Crippen LogP contribution in [0, 0.1) is 17.7 Å². The first-order valence-electron chi connectivity index (χ1n) is 8.42. The Morgan fingerprint density at radius 1 is 1.20 bits per heavy atom. The second kappa shape index (κ2) is 7.64. The van der Waals surface area contributed by atoms with Gasteiger partial charge >= 0.3 is 5.97 Å². The van der Waals surface area contributed by atoms with Gasteiger partial charge in [0.05, 0.1) is 18.3 Å². The molecule has 1 aliphatic carbocycles. The van der Waals surface area contributed by atoms with Crippen molar-refractivity contribution in [2.24, 2.45) is 11.8 Å². The minimum atomic E-state index is -0.558. The molecule has 0 aromatic heterocycles. The van der Waals surface area contributed by atoms with Gasteiger partial charge in [0.2, 0.25) is 11.8 Å². The number of ether oxygens (including phenoxy) is 1. The fourth-order valence-electron chi connectivity index (χ4n) is 3.52. The summed E-state index contributed by atoms with van der Waals surface area (Å²) in [6, 6.07) is 4.49. The number of fused-ring (bicyclic) bond motifs is 1. The summed E-state index contributed by atoms with van der Waals surface area (Å²) < 4.78 is 19.3. The van der Waals surface area contributed by atoms with E-state index in [1.807, 2.05) is 0 Å². The van der Waals surface area contributed by atoms with E-state index in [1.165, 1.54) is 17.0 Å². The average molecular weight is 412 g/mol. The van der Waals surface area contributed by atoms with Crippen LogP contribution >= 0.6 is 15.9 Å². The molecule has 1 aromatic carbocycles. The van der Waals surface area contributed by atoms with Crippen molar-refractivity contribution in [3.05, 3.63) is 34.1 Å². The number of esters is 1. The normalized spacial score (nSPS) is 22.9. The zero-order valence-electron chi connectivity index (χ0n) is 13.7. The molecule has 1 aromatic rings. The predicted molar refractivity (Wildman–Crippen MR) is 90.7 cm³/mol. The molecule has 2 aliphatic rings. The van der Waals surface area contributed by atoms with Gasteiger partial charge in [-0.05, 0) is 25.0 Å². The molecule has 0 N–H and O–H groups in total. The van der Waals surface area contributed by atoms with Crippen LogP contribution in [0.5, 0.6) is 0 Å². The number of carbonyl (C=O) groups excluding carboxylic acids is 3. The van der Waals surface area contributed by atoms with E-state index in [-0.39, 0.29) is 48.8 Å². The molecular formula is C18H19BrFNO4. The molecule has 1 saturated heterocycles. The van der Waals surface area contributed by atoms with E-state index in [4.69, 9.17) is 4.74 Å². The Bertz CT molecular complexity index is 684. The third kappa shape index (κ3) is 3.92. The molecule has 1 saturated carbocycles. The van der Waals surface area contributed by atoms with E-state index in [9.17, 15) is 18.8 Å². The highest BCUT2D eigenvalue weighted by atomic mass is 79.9. The van der Waals surface area contributed by atoms with Gasteiger partial charge in [-0.3, -0.25) is 19.3 Å². The third-order valence-corrected chi connectivity index (χ3v) is 5.37. The second-order valence-electron chi connectivity index (χ2n) is 6.47. The molecule has 2 fully saturated rings. The summed E-state index contributed by atoms with van der Waals surface area (Å²) in [4.78, 5) is 37.7. The van der Waals surface area contributed by atoms with E-state index in [0.717, 1.165) is 25.7 Å². The van der Waals surface area contributed by atoms with Gasteiger partial charge in [0.25, 0.3) is 0 Å². The summed E-state index contributed by atoms with van der Waals surface area (Å²) in [6.07, 6.45) is 3.36. The average Bonchev–Trinajstić information content (AvgIpc) is 2.84. The van der Waals surface area contributed by atoms with Gasteiger partial charge in [-0.1, -0.05) is 34.8 Å². The van der Waals surface area contributed by atoms with Gasteiger partial charge < -0.3 is 4.74 Å². The maximum Gasteiger partial charge on any atom is 0.307 e. The Morgan fingerprint density at radius 3 is 2.44 bits per heavy atom. The van der Waals surface area contributed by atoms with Crippen LogP contribution in [0.4, 0.5) is 4.39 Å². The van der Waals surface area contributed by atoms with Crippen LogP contribution < -0.4 is 0 Å². The molecule has 0 unspecified atom stereocenters. The smallest absolute Gasteiger partial charge is 0.307 e. The van der Waals surface area contributed by atoms with Crippen LogP contribution in [0.1, 0.15) is 37.7 Å². The number of imide groups is 1. The molecule has 1 aliphatic heterocycles. The molecule has 7 heteroatoms. The van der Waals surface area contributed by atoms with Gasteiger partial charge in [0.1, 0.15) is 12.4 Å². The topological polar surface area (TPSA) is 63.7 Å². The number of nitrogens with zero attached hydrogens (tertiary/aromatic N) is 1. The molecule has 2 atom stereocenters. The maximum atomic E-state index is 13.7. The molecular weight excluding hydrogens is 393 g/mol. The molecule has 0 radical (unpaired) electrons. The fourth-order valence-corrected chi connectivity index (χ4v) is 3.86. The van der Waals surface area contributed by atoms with Crippen molar-refractivity contribution in [1.82, 2.24) is 4.90 Å². The Kier molecular flexibility index (Phi) is 5.51. The number of hydrogen-bond donors (Lipinski definition) is 0. The van der Waals surface area contributed by atoms with E-state index in [0.29, 0.717) is 4.47 Å². The third-order valence-electron chi connectivity index (χ3n) is 4.88. The zero-order chi connectivity index (χ0) is 18.0. The van der Waals surface area contributed by atoms with Gasteiger partial charge in [-0.25, -0.2) is 4.39 Å². The van der Waals surface area contributed by atoms with Crippen LogP contribution in [0.25, 0.3) is 0 Å². The van der Waals surface area contributed by atoms with Crippen LogP contribution in [-0.4, -0.2) is 29.2 Å². The lowest BCUT2D eigenvalue weighted by Gasteiger charge is -2.19. The highest BCUT2D eigenvalue weighted by Gasteiger charge is 2.47. The summed E-state index contributed by atoms with van der Waals surface area (Å²) in [5, 5.41) is 0. The van der Waals surface area contributed by atoms with E-state index >= 15 is 0 Å². The van der Waals surface area contributed by atoms with Crippen molar-refractivity contribution in [1.29, 1.82) is 0 Å². The Hall–Kier alpha value is -1.76. The van der Waals surface area contributed by atoms with Crippen molar-refractivity contribution in [2.75, 3.05) is 6.54 Å². The number of amides is 2. The van der Waals surface area contributed by atoms with E-state index in [2.05, 4.69) is 15.9 Å². The molecule has 1 heterocycles. The number of rotatable bonds is 5. The van der Waals surface area contributed by atoms with Crippen molar-refractivity contribution < 1.29 is 23.5 Å². The summed E-state index contributed by atoms with van der Waals surface area (Å²) >= 11 is 3.16. The Balaban J connectivity index is 1.50. The quantitative estimate of drug-likeness (QED) is 0.551. The van der Waals surface area contributed by atoms with Crippen molar-refractivity contribution in [3.63, 3.8) is 0 Å². The molecule has 0 bridgehead atoms. The van der Waals surface area contributed by atoms with Crippen LogP contribution in [0.3, 0.4) is 0 Å². The molecule has 2 amide bonds. The molecule has 5 nitrogen and oxygen atoms in total. The number of halogens is 2. The van der Waals surface area contributed by atoms with Crippen molar-refractivity contribution in [2.45, 2.75) is 38.7 Å². The van der Waals surface area contributed by atoms with Crippen LogP contribution in [0.2, 0.25) is 0 Å². The zero-order valence-corrected chi connectivity index (χ0v) is 15.3. The van der Waals surface area contributed by atoms with Crippen LogP contribution in [0.15, 0.2) is 22.7 Å². The monoisotopic (exact) mass is 411 g/mol. The summed E-state index contributed by atoms with van der Waals surface area (Å²) in [7, 11) is 0. The summed E-state index contributed by atoms with van der Waals surface area (Å²) in [5.74, 6) is -1.78. The second-order valence-corrected chi connectivity index (χ2v) is 7.39. The molecule has 3 rings (SSSR count). The first-order valence-corrected chi connectivity index (χ1v) is 9.21. The van der Waals surface area contributed by atoms with Crippen LogP contribution in [-0.2, 0) is 25.7 Å².